The van der Waals surface area contributed by atoms with Crippen LogP contribution in [0.5, 0.6) is 0 Å². The zero-order valence-corrected chi connectivity index (χ0v) is 16.5. The molecule has 0 saturated carbocycles. The number of amidine groups is 1. The van der Waals surface area contributed by atoms with Crippen molar-refractivity contribution in [1.29, 1.82) is 0 Å². The van der Waals surface area contributed by atoms with Gasteiger partial charge in [0.15, 0.2) is 0 Å². The molecule has 2 aromatic rings. The van der Waals surface area contributed by atoms with Gasteiger partial charge in [0.2, 0.25) is 0 Å². The van der Waals surface area contributed by atoms with Crippen LogP contribution in [-0.2, 0) is 10.0 Å². The molecule has 136 valence electrons. The molecule has 0 bridgehead atoms. The lowest BCUT2D eigenvalue weighted by atomic mass is 10.2. The van der Waals surface area contributed by atoms with Crippen LogP contribution < -0.4 is 5.32 Å². The summed E-state index contributed by atoms with van der Waals surface area (Å²) >= 11 is 3.32. The van der Waals surface area contributed by atoms with Crippen molar-refractivity contribution in [3.8, 4) is 0 Å². The van der Waals surface area contributed by atoms with Crippen molar-refractivity contribution in [2.24, 2.45) is 4.40 Å². The van der Waals surface area contributed by atoms with E-state index in [4.69, 9.17) is 0 Å². The highest BCUT2D eigenvalue weighted by molar-refractivity contribution is 9.10. The van der Waals surface area contributed by atoms with Gasteiger partial charge in [-0.1, -0.05) is 15.9 Å². The molecule has 0 spiro atoms. The summed E-state index contributed by atoms with van der Waals surface area (Å²) in [5, 5.41) is 2.74. The van der Waals surface area contributed by atoms with Crippen molar-refractivity contribution < 1.29 is 13.2 Å². The lowest BCUT2D eigenvalue weighted by Crippen LogP contribution is -2.20. The van der Waals surface area contributed by atoms with Gasteiger partial charge in [0, 0.05) is 35.7 Å². The molecule has 2 aromatic carbocycles. The average Bonchev–Trinajstić information content (AvgIpc) is 3.00. The number of amides is 1. The van der Waals surface area contributed by atoms with Crippen LogP contribution in [0, 0.1) is 0 Å². The molecule has 6 nitrogen and oxygen atoms in total. The minimum atomic E-state index is -3.75. The minimum absolute atomic E-state index is 0.104. The molecule has 8 heteroatoms. The lowest BCUT2D eigenvalue weighted by Gasteiger charge is -2.11. The molecule has 1 saturated heterocycles. The number of hydrogen-bond acceptors (Lipinski definition) is 3. The van der Waals surface area contributed by atoms with Crippen LogP contribution in [0.2, 0.25) is 0 Å². The second-order valence-electron chi connectivity index (χ2n) is 5.99. The van der Waals surface area contributed by atoms with Crippen LogP contribution in [0.1, 0.15) is 23.2 Å². The van der Waals surface area contributed by atoms with Crippen LogP contribution in [-0.4, -0.2) is 38.7 Å². The number of rotatable bonds is 4. The predicted octanol–water partition coefficient (Wildman–Crippen LogP) is 3.51. The van der Waals surface area contributed by atoms with E-state index in [9.17, 15) is 13.2 Å². The fraction of sp³-hybridized carbons (Fsp3) is 0.222. The summed E-state index contributed by atoms with van der Waals surface area (Å²) < 4.78 is 29.6. The maximum Gasteiger partial charge on any atom is 0.283 e. The Morgan fingerprint density at radius 3 is 2.35 bits per heavy atom. The molecule has 26 heavy (non-hydrogen) atoms. The number of sulfonamides is 1. The molecular weight excluding hydrogens is 418 g/mol. The summed E-state index contributed by atoms with van der Waals surface area (Å²) in [6.45, 7) is 0.815. The first-order valence-electron chi connectivity index (χ1n) is 8.07. The highest BCUT2D eigenvalue weighted by Gasteiger charge is 2.20. The Morgan fingerprint density at radius 1 is 1.12 bits per heavy atom. The smallest absolute Gasteiger partial charge is 0.283 e. The number of hydrogen-bond donors (Lipinski definition) is 1. The summed E-state index contributed by atoms with van der Waals surface area (Å²) in [6.07, 6.45) is 1.57. The van der Waals surface area contributed by atoms with Crippen molar-refractivity contribution >= 4 is 43.4 Å². The van der Waals surface area contributed by atoms with E-state index < -0.39 is 10.0 Å². The number of nitrogens with zero attached hydrogens (tertiary/aromatic N) is 2. The number of halogens is 1. The Balaban J connectivity index is 1.74. The first-order chi connectivity index (χ1) is 12.3. The summed E-state index contributed by atoms with van der Waals surface area (Å²) in [5.41, 5.74) is 1.03. The monoisotopic (exact) mass is 435 g/mol. The van der Waals surface area contributed by atoms with Gasteiger partial charge in [-0.05, 0) is 55.0 Å². The van der Waals surface area contributed by atoms with Crippen LogP contribution in [0.4, 0.5) is 5.69 Å². The van der Waals surface area contributed by atoms with E-state index in [2.05, 4.69) is 25.6 Å². The van der Waals surface area contributed by atoms with Gasteiger partial charge in [-0.25, -0.2) is 0 Å². The van der Waals surface area contributed by atoms with Crippen molar-refractivity contribution in [2.45, 2.75) is 17.7 Å². The Morgan fingerprint density at radius 2 is 1.77 bits per heavy atom. The fourth-order valence-electron chi connectivity index (χ4n) is 2.62. The molecule has 0 atom stereocenters. The van der Waals surface area contributed by atoms with Crippen LogP contribution in [0.15, 0.2) is 62.3 Å². The average molecular weight is 436 g/mol. The quantitative estimate of drug-likeness (QED) is 0.796. The van der Waals surface area contributed by atoms with E-state index in [0.717, 1.165) is 17.4 Å². The minimum Gasteiger partial charge on any atom is -0.362 e. The molecule has 1 aliphatic rings. The largest absolute Gasteiger partial charge is 0.362 e. The van der Waals surface area contributed by atoms with Crippen molar-refractivity contribution in [3.63, 3.8) is 0 Å². The second kappa shape index (κ2) is 7.59. The van der Waals surface area contributed by atoms with E-state index in [0.29, 0.717) is 23.5 Å². The first kappa shape index (κ1) is 18.6. The third-order valence-corrected chi connectivity index (χ3v) is 5.92. The number of carbonyl (C=O) groups is 1. The molecule has 1 N–H and O–H groups in total. The zero-order valence-electron chi connectivity index (χ0n) is 14.1. The van der Waals surface area contributed by atoms with Crippen molar-refractivity contribution in [2.75, 3.05) is 18.9 Å². The molecule has 0 aliphatic carbocycles. The zero-order chi connectivity index (χ0) is 18.7. The Hall–Kier alpha value is -2.19. The molecule has 1 fully saturated rings. The highest BCUT2D eigenvalue weighted by Crippen LogP contribution is 2.20. The van der Waals surface area contributed by atoms with E-state index >= 15 is 0 Å². The maximum absolute atomic E-state index is 12.4. The third kappa shape index (κ3) is 4.31. The maximum atomic E-state index is 12.4. The summed E-state index contributed by atoms with van der Waals surface area (Å²) in [5.74, 6) is 0.318. The SMILES string of the molecule is CN1CCCC1=NS(=O)(=O)c1ccc(NC(=O)c2ccc(Br)cc2)cc1. The Labute approximate surface area is 161 Å². The summed E-state index contributed by atoms with van der Waals surface area (Å²) in [7, 11) is -1.91. The van der Waals surface area contributed by atoms with Crippen molar-refractivity contribution in [1.82, 2.24) is 4.90 Å². The van der Waals surface area contributed by atoms with E-state index in [1.54, 1.807) is 36.4 Å². The highest BCUT2D eigenvalue weighted by atomic mass is 79.9. The molecule has 1 amide bonds. The number of anilines is 1. The predicted molar refractivity (Wildman–Crippen MR) is 105 cm³/mol. The topological polar surface area (TPSA) is 78.8 Å². The second-order valence-corrected chi connectivity index (χ2v) is 8.51. The first-order valence-corrected chi connectivity index (χ1v) is 10.3. The molecule has 0 aromatic heterocycles. The molecule has 0 radical (unpaired) electrons. The van der Waals surface area contributed by atoms with Gasteiger partial charge in [-0.2, -0.15) is 8.42 Å². The fourth-order valence-corrected chi connectivity index (χ4v) is 3.97. The van der Waals surface area contributed by atoms with Crippen LogP contribution in [0.3, 0.4) is 0 Å². The number of likely N-dealkylation sites (tertiary alicyclic amines) is 1. The summed E-state index contributed by atoms with van der Waals surface area (Å²) in [4.78, 5) is 14.2. The third-order valence-electron chi connectivity index (χ3n) is 4.08. The number of benzene rings is 2. The van der Waals surface area contributed by atoms with Gasteiger partial charge in [0.25, 0.3) is 15.9 Å². The number of nitrogens with one attached hydrogen (secondary N) is 1. The number of carbonyl (C=O) groups excluding carboxylic acids is 1. The Bertz CT molecular complexity index is 939. The van der Waals surface area contributed by atoms with Gasteiger partial charge in [0.1, 0.15) is 5.84 Å². The van der Waals surface area contributed by atoms with Gasteiger partial charge in [-0.15, -0.1) is 4.40 Å². The van der Waals surface area contributed by atoms with Crippen LogP contribution in [0.25, 0.3) is 0 Å². The molecular formula is C18H18BrN3O3S. The molecule has 0 unspecified atom stereocenters. The normalized spacial score (nSPS) is 16.1. The summed E-state index contributed by atoms with van der Waals surface area (Å²) in [6, 6.07) is 13.0. The lowest BCUT2D eigenvalue weighted by molar-refractivity contribution is 0.102. The van der Waals surface area contributed by atoms with Gasteiger partial charge < -0.3 is 10.2 Å². The van der Waals surface area contributed by atoms with Crippen molar-refractivity contribution in [3.05, 3.63) is 58.6 Å². The van der Waals surface area contributed by atoms with Gasteiger partial charge >= 0.3 is 0 Å². The van der Waals surface area contributed by atoms with E-state index in [-0.39, 0.29) is 10.8 Å². The molecule has 3 rings (SSSR count). The molecule has 1 aliphatic heterocycles. The standard InChI is InChI=1S/C18H18BrN3O3S/c1-22-12-2-3-17(22)21-26(24,25)16-10-8-15(9-11-16)20-18(23)13-4-6-14(19)7-5-13/h4-11H,2-3,12H2,1H3,(H,20,23). The van der Waals surface area contributed by atoms with E-state index in [1.807, 2.05) is 11.9 Å². The van der Waals surface area contributed by atoms with E-state index in [1.165, 1.54) is 12.1 Å². The van der Waals surface area contributed by atoms with Gasteiger partial charge in [-0.3, -0.25) is 4.79 Å². The Kier molecular flexibility index (Phi) is 5.43. The van der Waals surface area contributed by atoms with Gasteiger partial charge in [0.05, 0.1) is 4.90 Å². The van der Waals surface area contributed by atoms with Crippen LogP contribution >= 0.6 is 15.9 Å². The molecule has 1 heterocycles.